The third kappa shape index (κ3) is 3.99. The zero-order valence-corrected chi connectivity index (χ0v) is 22.4. The van der Waals surface area contributed by atoms with Gasteiger partial charge in [0, 0.05) is 34.6 Å². The Labute approximate surface area is 224 Å². The fourth-order valence-electron chi connectivity index (χ4n) is 6.45. The Morgan fingerprint density at radius 2 is 1.47 bits per heavy atom. The zero-order chi connectivity index (χ0) is 25.8. The molecule has 5 heterocycles. The van der Waals surface area contributed by atoms with Crippen molar-refractivity contribution in [2.45, 2.75) is 44.7 Å². The number of nitrogens with zero attached hydrogens (tertiary/aromatic N) is 4. The van der Waals surface area contributed by atoms with E-state index in [2.05, 4.69) is 95.3 Å². The summed E-state index contributed by atoms with van der Waals surface area (Å²) >= 11 is 0. The molecular weight excluding hydrogens is 469 g/mol. The van der Waals surface area contributed by atoms with Crippen LogP contribution in [0.2, 0.25) is 0 Å². The third-order valence-corrected chi connectivity index (χ3v) is 8.56. The molecule has 0 spiro atoms. The summed E-state index contributed by atoms with van der Waals surface area (Å²) in [5, 5.41) is 1.22. The van der Waals surface area contributed by atoms with E-state index in [1.807, 2.05) is 6.20 Å². The number of aromatic nitrogens is 5. The number of aryl methyl sites for hydroxylation is 1. The molecule has 2 fully saturated rings. The molecule has 3 aromatic heterocycles. The van der Waals surface area contributed by atoms with Crippen LogP contribution >= 0.6 is 0 Å². The monoisotopic (exact) mass is 503 g/mol. The van der Waals surface area contributed by atoms with Gasteiger partial charge in [0.1, 0.15) is 11.6 Å². The SMILES string of the molecule is BN1CCC[C@H]1c1nc(-c2ccc(-c3ccc(-c4c[nH]c([C@@H]5CCCN5C)n4)c4[nH]c(C)cc34)cc2)c[nH]1. The van der Waals surface area contributed by atoms with E-state index in [4.69, 9.17) is 9.97 Å². The first-order chi connectivity index (χ1) is 18.5. The molecule has 38 heavy (non-hydrogen) atoms. The van der Waals surface area contributed by atoms with Gasteiger partial charge in [0.2, 0.25) is 0 Å². The molecule has 3 N–H and O–H groups in total. The van der Waals surface area contributed by atoms with E-state index in [-0.39, 0.29) is 0 Å². The van der Waals surface area contributed by atoms with Gasteiger partial charge in [0.25, 0.3) is 0 Å². The Kier molecular flexibility index (Phi) is 5.75. The van der Waals surface area contributed by atoms with Gasteiger partial charge in [-0.05, 0) is 76.0 Å². The van der Waals surface area contributed by atoms with Crippen LogP contribution in [0.4, 0.5) is 0 Å². The molecule has 0 unspecified atom stereocenters. The smallest absolute Gasteiger partial charge is 0.186 e. The maximum Gasteiger partial charge on any atom is 0.186 e. The third-order valence-electron chi connectivity index (χ3n) is 8.56. The summed E-state index contributed by atoms with van der Waals surface area (Å²) in [6.45, 7) is 4.39. The summed E-state index contributed by atoms with van der Waals surface area (Å²) in [4.78, 5) is 25.2. The number of H-pyrrole nitrogens is 3. The van der Waals surface area contributed by atoms with Crippen LogP contribution in [0, 0.1) is 6.92 Å². The van der Waals surface area contributed by atoms with E-state index < -0.39 is 0 Å². The number of fused-ring (bicyclic) bond motifs is 1. The number of benzene rings is 2. The quantitative estimate of drug-likeness (QED) is 0.282. The number of imidazole rings is 2. The van der Waals surface area contributed by atoms with Gasteiger partial charge in [0.15, 0.2) is 7.98 Å². The fourth-order valence-corrected chi connectivity index (χ4v) is 6.45. The van der Waals surface area contributed by atoms with Crippen LogP contribution in [0.1, 0.15) is 55.1 Å². The second kappa shape index (κ2) is 9.29. The molecule has 7 rings (SSSR count). The lowest BCUT2D eigenvalue weighted by atomic mass is 9.97. The maximum atomic E-state index is 5.02. The lowest BCUT2D eigenvalue weighted by molar-refractivity contribution is 0.307. The first-order valence-electron chi connectivity index (χ1n) is 13.8. The topological polar surface area (TPSA) is 79.6 Å². The minimum absolute atomic E-state index is 0.382. The van der Waals surface area contributed by atoms with Gasteiger partial charge in [-0.1, -0.05) is 30.3 Å². The molecule has 7 nitrogen and oxygen atoms in total. The highest BCUT2D eigenvalue weighted by atomic mass is 15.2. The van der Waals surface area contributed by atoms with Crippen LogP contribution in [0.5, 0.6) is 0 Å². The molecule has 0 aliphatic carbocycles. The molecule has 0 saturated carbocycles. The van der Waals surface area contributed by atoms with Crippen molar-refractivity contribution in [1.29, 1.82) is 0 Å². The number of nitrogens with one attached hydrogen (secondary N) is 3. The van der Waals surface area contributed by atoms with E-state index in [9.17, 15) is 0 Å². The van der Waals surface area contributed by atoms with Crippen molar-refractivity contribution < 1.29 is 0 Å². The number of likely N-dealkylation sites (tertiary alicyclic amines) is 1. The molecular formula is C30H34BN7. The van der Waals surface area contributed by atoms with Crippen molar-refractivity contribution in [1.82, 2.24) is 34.6 Å². The highest BCUT2D eigenvalue weighted by Crippen LogP contribution is 2.37. The average molecular weight is 503 g/mol. The van der Waals surface area contributed by atoms with Crippen molar-refractivity contribution in [3.05, 3.63) is 72.2 Å². The average Bonchev–Trinajstić information content (AvgIpc) is 3.73. The Morgan fingerprint density at radius 3 is 2.21 bits per heavy atom. The van der Waals surface area contributed by atoms with Gasteiger partial charge in [-0.3, -0.25) is 4.90 Å². The summed E-state index contributed by atoms with van der Waals surface area (Å²) in [5.41, 5.74) is 8.99. The van der Waals surface area contributed by atoms with Crippen LogP contribution in [0.15, 0.2) is 54.9 Å². The Hall–Kier alpha value is -3.62. The van der Waals surface area contributed by atoms with Crippen LogP contribution < -0.4 is 0 Å². The van der Waals surface area contributed by atoms with E-state index in [1.54, 1.807) is 0 Å². The van der Waals surface area contributed by atoms with Crippen LogP contribution in [-0.2, 0) is 0 Å². The maximum absolute atomic E-state index is 5.02. The summed E-state index contributed by atoms with van der Waals surface area (Å²) in [6.07, 6.45) is 8.89. The minimum atomic E-state index is 0.382. The van der Waals surface area contributed by atoms with Crippen molar-refractivity contribution in [3.8, 4) is 33.6 Å². The molecule has 2 aliphatic rings. The molecule has 5 aromatic rings. The molecule has 2 saturated heterocycles. The molecule has 2 atom stereocenters. The van der Waals surface area contributed by atoms with Crippen LogP contribution in [0.25, 0.3) is 44.5 Å². The fraction of sp³-hybridized carbons (Fsp3) is 0.333. The van der Waals surface area contributed by atoms with E-state index in [0.29, 0.717) is 12.1 Å². The van der Waals surface area contributed by atoms with Crippen molar-refractivity contribution >= 4 is 18.9 Å². The minimum Gasteiger partial charge on any atom is -0.358 e. The van der Waals surface area contributed by atoms with Crippen LogP contribution in [0.3, 0.4) is 0 Å². The molecule has 0 radical (unpaired) electrons. The predicted octanol–water partition coefficient (Wildman–Crippen LogP) is 5.38. The van der Waals surface area contributed by atoms with E-state index >= 15 is 0 Å². The summed E-state index contributed by atoms with van der Waals surface area (Å²) < 4.78 is 0. The molecule has 0 amide bonds. The van der Waals surface area contributed by atoms with Crippen molar-refractivity contribution in [2.75, 3.05) is 20.1 Å². The highest BCUT2D eigenvalue weighted by Gasteiger charge is 2.26. The second-order valence-corrected chi connectivity index (χ2v) is 11.1. The normalized spacial score (nSPS) is 20.7. The summed E-state index contributed by atoms with van der Waals surface area (Å²) in [6, 6.07) is 16.3. The largest absolute Gasteiger partial charge is 0.358 e. The van der Waals surface area contributed by atoms with Crippen LogP contribution in [-0.4, -0.2) is 62.7 Å². The molecule has 2 aromatic carbocycles. The van der Waals surface area contributed by atoms with Crippen molar-refractivity contribution in [3.63, 3.8) is 0 Å². The Bertz CT molecular complexity index is 1590. The van der Waals surface area contributed by atoms with Gasteiger partial charge in [-0.25, -0.2) is 9.97 Å². The first-order valence-corrected chi connectivity index (χ1v) is 13.8. The van der Waals surface area contributed by atoms with Crippen molar-refractivity contribution in [2.24, 2.45) is 0 Å². The lowest BCUT2D eigenvalue weighted by Gasteiger charge is -2.16. The Morgan fingerprint density at radius 1 is 0.816 bits per heavy atom. The van der Waals surface area contributed by atoms with Gasteiger partial charge in [0.05, 0.1) is 29.0 Å². The predicted molar refractivity (Wildman–Crippen MR) is 155 cm³/mol. The molecule has 8 heteroatoms. The molecule has 0 bridgehead atoms. The molecule has 192 valence electrons. The van der Waals surface area contributed by atoms with Gasteiger partial charge < -0.3 is 19.8 Å². The van der Waals surface area contributed by atoms with Gasteiger partial charge in [-0.2, -0.15) is 0 Å². The van der Waals surface area contributed by atoms with E-state index in [1.165, 1.54) is 35.8 Å². The zero-order valence-electron chi connectivity index (χ0n) is 22.4. The number of hydrogen-bond donors (Lipinski definition) is 3. The van der Waals surface area contributed by atoms with E-state index in [0.717, 1.165) is 64.9 Å². The second-order valence-electron chi connectivity index (χ2n) is 11.1. The standard InChI is InChI=1S/C30H34BN7/c1-18-15-23-21(11-12-22(28(23)34-18)25-17-33-29(36-25)26-5-3-13-37(26)2)19-7-9-20(10-8-19)24-16-32-30(35-24)27-6-4-14-38(27)31/h7-12,15-17,26-27,34H,3-6,13-14,31H2,1-2H3,(H,32,35)(H,33,36)/t26-,27-/m0/s1. The Balaban J connectivity index is 1.19. The number of rotatable bonds is 5. The number of aromatic amines is 3. The lowest BCUT2D eigenvalue weighted by Crippen LogP contribution is -2.20. The summed E-state index contributed by atoms with van der Waals surface area (Å²) in [7, 11) is 4.37. The van der Waals surface area contributed by atoms with Gasteiger partial charge in [-0.15, -0.1) is 0 Å². The molecule has 2 aliphatic heterocycles. The summed E-state index contributed by atoms with van der Waals surface area (Å²) in [5.74, 6) is 2.14. The van der Waals surface area contributed by atoms with Gasteiger partial charge >= 0.3 is 0 Å². The highest BCUT2D eigenvalue weighted by molar-refractivity contribution is 6.05. The first kappa shape index (κ1) is 23.5. The number of hydrogen-bond acceptors (Lipinski definition) is 4.